The highest BCUT2D eigenvalue weighted by atomic mass is 16.1. The van der Waals surface area contributed by atoms with E-state index < -0.39 is 0 Å². The molecular weight excluding hydrogens is 176 g/mol. The Bertz CT molecular complexity index is 169. The second-order valence-corrected chi connectivity index (χ2v) is 4.31. The van der Waals surface area contributed by atoms with E-state index in [1.165, 1.54) is 0 Å². The Morgan fingerprint density at radius 1 is 1.36 bits per heavy atom. The van der Waals surface area contributed by atoms with Gasteiger partial charge < -0.3 is 11.1 Å². The zero-order valence-corrected chi connectivity index (χ0v) is 9.84. The third-order valence-corrected chi connectivity index (χ3v) is 2.28. The van der Waals surface area contributed by atoms with Gasteiger partial charge in [0.05, 0.1) is 0 Å². The molecule has 3 unspecified atom stereocenters. The molecule has 0 radical (unpaired) electrons. The van der Waals surface area contributed by atoms with Crippen LogP contribution in [0.3, 0.4) is 0 Å². The van der Waals surface area contributed by atoms with E-state index in [1.54, 1.807) is 0 Å². The smallest absolute Gasteiger partial charge is 0.223 e. The summed E-state index contributed by atoms with van der Waals surface area (Å²) in [7, 11) is 0. The predicted molar refractivity (Wildman–Crippen MR) is 59.9 cm³/mol. The molecule has 3 N–H and O–H groups in total. The quantitative estimate of drug-likeness (QED) is 0.685. The van der Waals surface area contributed by atoms with Crippen LogP contribution in [0.15, 0.2) is 0 Å². The van der Waals surface area contributed by atoms with E-state index in [9.17, 15) is 4.79 Å². The van der Waals surface area contributed by atoms with Crippen LogP contribution < -0.4 is 11.1 Å². The van der Waals surface area contributed by atoms with Crippen molar-refractivity contribution in [3.8, 4) is 0 Å². The maximum Gasteiger partial charge on any atom is 0.223 e. The van der Waals surface area contributed by atoms with Gasteiger partial charge in [0.1, 0.15) is 0 Å². The minimum atomic E-state index is 0.121. The van der Waals surface area contributed by atoms with Gasteiger partial charge >= 0.3 is 0 Å². The number of nitrogens with one attached hydrogen (secondary N) is 1. The van der Waals surface area contributed by atoms with Crippen molar-refractivity contribution in [2.75, 3.05) is 0 Å². The first-order chi connectivity index (χ1) is 6.47. The molecule has 0 aromatic rings. The Labute approximate surface area is 87.4 Å². The summed E-state index contributed by atoms with van der Waals surface area (Å²) in [6.07, 6.45) is 2.84. The van der Waals surface area contributed by atoms with Crippen molar-refractivity contribution in [3.63, 3.8) is 0 Å². The zero-order valence-electron chi connectivity index (χ0n) is 9.84. The molecule has 14 heavy (non-hydrogen) atoms. The number of amides is 1. The van der Waals surface area contributed by atoms with E-state index in [4.69, 9.17) is 5.73 Å². The van der Waals surface area contributed by atoms with Gasteiger partial charge in [0.25, 0.3) is 0 Å². The topological polar surface area (TPSA) is 55.1 Å². The van der Waals surface area contributed by atoms with Crippen molar-refractivity contribution in [1.29, 1.82) is 0 Å². The Kier molecular flexibility index (Phi) is 6.54. The number of rotatable bonds is 6. The van der Waals surface area contributed by atoms with Crippen molar-refractivity contribution < 1.29 is 4.79 Å². The molecule has 3 heteroatoms. The summed E-state index contributed by atoms with van der Waals surface area (Å²) in [5.41, 5.74) is 5.65. The maximum atomic E-state index is 11.6. The molecular formula is C11H24N2O. The summed E-state index contributed by atoms with van der Waals surface area (Å²) >= 11 is 0. The molecule has 0 aromatic carbocycles. The highest BCUT2D eigenvalue weighted by Gasteiger charge is 2.14. The number of hydrogen-bond acceptors (Lipinski definition) is 2. The fourth-order valence-corrected chi connectivity index (χ4v) is 1.57. The SMILES string of the molecule is CCCC(C)C(=O)NC(C)CC(C)N. The van der Waals surface area contributed by atoms with E-state index in [0.29, 0.717) is 0 Å². The lowest BCUT2D eigenvalue weighted by atomic mass is 10.0. The van der Waals surface area contributed by atoms with Gasteiger partial charge in [0, 0.05) is 18.0 Å². The van der Waals surface area contributed by atoms with Gasteiger partial charge in [-0.2, -0.15) is 0 Å². The lowest BCUT2D eigenvalue weighted by Gasteiger charge is -2.18. The van der Waals surface area contributed by atoms with Crippen LogP contribution in [0.4, 0.5) is 0 Å². The molecule has 3 atom stereocenters. The minimum absolute atomic E-state index is 0.121. The number of hydrogen-bond donors (Lipinski definition) is 2. The van der Waals surface area contributed by atoms with Gasteiger partial charge in [0.2, 0.25) is 5.91 Å². The van der Waals surface area contributed by atoms with Crippen molar-refractivity contribution in [3.05, 3.63) is 0 Å². The first kappa shape index (κ1) is 13.4. The monoisotopic (exact) mass is 200 g/mol. The van der Waals surface area contributed by atoms with Gasteiger partial charge in [0.15, 0.2) is 0 Å². The molecule has 0 aliphatic heterocycles. The summed E-state index contributed by atoms with van der Waals surface area (Å²) < 4.78 is 0. The Morgan fingerprint density at radius 2 is 1.93 bits per heavy atom. The van der Waals surface area contributed by atoms with Crippen LogP contribution in [-0.2, 0) is 4.79 Å². The molecule has 0 bridgehead atoms. The Morgan fingerprint density at radius 3 is 2.36 bits per heavy atom. The van der Waals surface area contributed by atoms with Crippen molar-refractivity contribution in [2.24, 2.45) is 11.7 Å². The average molecular weight is 200 g/mol. The maximum absolute atomic E-state index is 11.6. The molecule has 0 rings (SSSR count). The van der Waals surface area contributed by atoms with E-state index in [1.807, 2.05) is 20.8 Å². The van der Waals surface area contributed by atoms with Crippen molar-refractivity contribution >= 4 is 5.91 Å². The summed E-state index contributed by atoms with van der Waals surface area (Å²) in [5, 5.41) is 2.98. The summed E-state index contributed by atoms with van der Waals surface area (Å²) in [6.45, 7) is 8.02. The summed E-state index contributed by atoms with van der Waals surface area (Å²) in [6, 6.07) is 0.327. The van der Waals surface area contributed by atoms with E-state index in [0.717, 1.165) is 19.3 Å². The number of nitrogens with two attached hydrogens (primary N) is 1. The highest BCUT2D eigenvalue weighted by molar-refractivity contribution is 5.78. The lowest BCUT2D eigenvalue weighted by molar-refractivity contribution is -0.125. The van der Waals surface area contributed by atoms with E-state index in [-0.39, 0.29) is 23.9 Å². The minimum Gasteiger partial charge on any atom is -0.353 e. The third-order valence-electron chi connectivity index (χ3n) is 2.28. The highest BCUT2D eigenvalue weighted by Crippen LogP contribution is 2.06. The van der Waals surface area contributed by atoms with E-state index in [2.05, 4.69) is 12.2 Å². The fraction of sp³-hybridized carbons (Fsp3) is 0.909. The average Bonchev–Trinajstić information content (AvgIpc) is 2.02. The lowest BCUT2D eigenvalue weighted by Crippen LogP contribution is -2.39. The Hall–Kier alpha value is -0.570. The number of carbonyl (C=O) groups is 1. The molecule has 0 saturated carbocycles. The van der Waals surface area contributed by atoms with Crippen LogP contribution in [0.25, 0.3) is 0 Å². The molecule has 84 valence electrons. The van der Waals surface area contributed by atoms with Crippen LogP contribution in [-0.4, -0.2) is 18.0 Å². The van der Waals surface area contributed by atoms with Gasteiger partial charge in [-0.15, -0.1) is 0 Å². The van der Waals surface area contributed by atoms with Crippen LogP contribution in [0, 0.1) is 5.92 Å². The molecule has 3 nitrogen and oxygen atoms in total. The van der Waals surface area contributed by atoms with Crippen molar-refractivity contribution in [1.82, 2.24) is 5.32 Å². The normalized spacial score (nSPS) is 17.2. The van der Waals surface area contributed by atoms with Crippen LogP contribution in [0.1, 0.15) is 47.0 Å². The fourth-order valence-electron chi connectivity index (χ4n) is 1.57. The van der Waals surface area contributed by atoms with Crippen LogP contribution in [0.2, 0.25) is 0 Å². The predicted octanol–water partition coefficient (Wildman–Crippen LogP) is 1.66. The largest absolute Gasteiger partial charge is 0.353 e. The first-order valence-electron chi connectivity index (χ1n) is 5.53. The molecule has 0 aliphatic carbocycles. The van der Waals surface area contributed by atoms with Gasteiger partial charge in [-0.3, -0.25) is 4.79 Å². The molecule has 0 aliphatic rings. The third kappa shape index (κ3) is 5.97. The van der Waals surface area contributed by atoms with Gasteiger partial charge in [-0.25, -0.2) is 0 Å². The number of carbonyl (C=O) groups excluding carboxylic acids is 1. The van der Waals surface area contributed by atoms with Crippen LogP contribution in [0.5, 0.6) is 0 Å². The molecule has 0 spiro atoms. The molecule has 0 aromatic heterocycles. The van der Waals surface area contributed by atoms with Crippen molar-refractivity contribution in [2.45, 2.75) is 59.0 Å². The molecule has 0 heterocycles. The second kappa shape index (κ2) is 6.82. The molecule has 0 saturated heterocycles. The summed E-state index contributed by atoms with van der Waals surface area (Å²) in [5.74, 6) is 0.274. The zero-order chi connectivity index (χ0) is 11.1. The molecule has 1 amide bonds. The standard InChI is InChI=1S/C11H24N2O/c1-5-6-8(2)11(14)13-10(4)7-9(3)12/h8-10H,5-7,12H2,1-4H3,(H,13,14). The van der Waals surface area contributed by atoms with Gasteiger partial charge in [-0.1, -0.05) is 20.3 Å². The molecule has 0 fully saturated rings. The van der Waals surface area contributed by atoms with Gasteiger partial charge in [-0.05, 0) is 26.7 Å². The van der Waals surface area contributed by atoms with E-state index >= 15 is 0 Å². The van der Waals surface area contributed by atoms with Crippen LogP contribution >= 0.6 is 0 Å². The second-order valence-electron chi connectivity index (χ2n) is 4.31. The first-order valence-corrected chi connectivity index (χ1v) is 5.53. The Balaban J connectivity index is 3.80. The summed E-state index contributed by atoms with van der Waals surface area (Å²) in [4.78, 5) is 11.6.